The number of rotatable bonds is 6. The summed E-state index contributed by atoms with van der Waals surface area (Å²) in [5, 5.41) is 9.02. The number of hydrogen-bond acceptors (Lipinski definition) is 2. The van der Waals surface area contributed by atoms with Gasteiger partial charge in [0.05, 0.1) is 12.0 Å². The zero-order valence-electron chi connectivity index (χ0n) is 13.2. The van der Waals surface area contributed by atoms with Crippen LogP contribution >= 0.6 is 0 Å². The molecule has 0 bridgehead atoms. The normalized spacial score (nSPS) is 12.2. The molecule has 3 heteroatoms. The van der Waals surface area contributed by atoms with Crippen molar-refractivity contribution in [1.29, 1.82) is 0 Å². The van der Waals surface area contributed by atoms with Crippen LogP contribution in [0.5, 0.6) is 5.75 Å². The molecule has 0 aromatic heterocycles. The molecule has 0 aliphatic heterocycles. The topological polar surface area (TPSA) is 46.5 Å². The van der Waals surface area contributed by atoms with Gasteiger partial charge in [-0.05, 0) is 49.8 Å². The van der Waals surface area contributed by atoms with Gasteiger partial charge in [-0.15, -0.1) is 0 Å². The quantitative estimate of drug-likeness (QED) is 0.791. The van der Waals surface area contributed by atoms with E-state index in [2.05, 4.69) is 32.9 Å². The Balaban J connectivity index is 2.42. The molecule has 112 valence electrons. The molecule has 0 spiro atoms. The van der Waals surface area contributed by atoms with Crippen LogP contribution in [0.15, 0.2) is 24.3 Å². The van der Waals surface area contributed by atoms with Gasteiger partial charge < -0.3 is 9.84 Å². The van der Waals surface area contributed by atoms with Gasteiger partial charge in [0.15, 0.2) is 0 Å². The Labute approximate surface area is 122 Å². The molecule has 0 radical (unpaired) electrons. The second-order valence-electron chi connectivity index (χ2n) is 6.92. The second-order valence-corrected chi connectivity index (χ2v) is 6.92. The van der Waals surface area contributed by atoms with Gasteiger partial charge in [-0.25, -0.2) is 0 Å². The summed E-state index contributed by atoms with van der Waals surface area (Å²) < 4.78 is 5.66. The summed E-state index contributed by atoms with van der Waals surface area (Å²) in [7, 11) is 0. The second kappa shape index (κ2) is 6.29. The van der Waals surface area contributed by atoms with E-state index in [4.69, 9.17) is 9.84 Å². The summed E-state index contributed by atoms with van der Waals surface area (Å²) in [6, 6.07) is 8.11. The molecule has 1 rings (SSSR count). The SMILES string of the molecule is CC(C)(CCCOc1ccc(C(C)(C)C)cc1)C(=O)O. The lowest BCUT2D eigenvalue weighted by Crippen LogP contribution is -2.24. The highest BCUT2D eigenvalue weighted by atomic mass is 16.5. The Hall–Kier alpha value is -1.51. The Morgan fingerprint density at radius 1 is 1.10 bits per heavy atom. The van der Waals surface area contributed by atoms with Crippen LogP contribution < -0.4 is 4.74 Å². The number of carboxylic acid groups (broad SMARTS) is 1. The smallest absolute Gasteiger partial charge is 0.309 e. The van der Waals surface area contributed by atoms with E-state index in [-0.39, 0.29) is 5.41 Å². The molecule has 0 saturated carbocycles. The van der Waals surface area contributed by atoms with Crippen LogP contribution in [0.25, 0.3) is 0 Å². The average Bonchev–Trinajstić information content (AvgIpc) is 2.34. The van der Waals surface area contributed by atoms with Crippen LogP contribution in [0, 0.1) is 5.41 Å². The van der Waals surface area contributed by atoms with Gasteiger partial charge in [0.2, 0.25) is 0 Å². The minimum Gasteiger partial charge on any atom is -0.494 e. The fourth-order valence-corrected chi connectivity index (χ4v) is 1.86. The first-order chi connectivity index (χ1) is 9.13. The third-order valence-electron chi connectivity index (χ3n) is 3.51. The van der Waals surface area contributed by atoms with E-state index in [9.17, 15) is 4.79 Å². The first-order valence-electron chi connectivity index (χ1n) is 7.10. The van der Waals surface area contributed by atoms with Gasteiger partial charge in [-0.2, -0.15) is 0 Å². The highest BCUT2D eigenvalue weighted by molar-refractivity contribution is 5.73. The lowest BCUT2D eigenvalue weighted by atomic mass is 9.87. The van der Waals surface area contributed by atoms with Gasteiger partial charge >= 0.3 is 5.97 Å². The van der Waals surface area contributed by atoms with Crippen LogP contribution in [0.2, 0.25) is 0 Å². The van der Waals surface area contributed by atoms with Gasteiger partial charge in [0, 0.05) is 0 Å². The molecule has 0 heterocycles. The number of aliphatic carboxylic acids is 1. The highest BCUT2D eigenvalue weighted by Gasteiger charge is 2.26. The predicted molar refractivity (Wildman–Crippen MR) is 81.3 cm³/mol. The van der Waals surface area contributed by atoms with Gasteiger partial charge in [0.1, 0.15) is 5.75 Å². The van der Waals surface area contributed by atoms with Crippen LogP contribution in [-0.4, -0.2) is 17.7 Å². The molecule has 20 heavy (non-hydrogen) atoms. The molecule has 0 unspecified atom stereocenters. The summed E-state index contributed by atoms with van der Waals surface area (Å²) in [6.07, 6.45) is 1.35. The maximum Gasteiger partial charge on any atom is 0.309 e. The standard InChI is InChI=1S/C17H26O3/c1-16(2,3)13-7-9-14(10-8-13)20-12-6-11-17(4,5)15(18)19/h7-10H,6,11-12H2,1-5H3,(H,18,19). The predicted octanol–water partition coefficient (Wildman–Crippen LogP) is 4.25. The summed E-state index contributed by atoms with van der Waals surface area (Å²) in [5.74, 6) is 0.0816. The average molecular weight is 278 g/mol. The molecule has 3 nitrogen and oxygen atoms in total. The molecule has 1 N–H and O–H groups in total. The number of hydrogen-bond donors (Lipinski definition) is 1. The van der Waals surface area contributed by atoms with Crippen molar-refractivity contribution in [3.05, 3.63) is 29.8 Å². The van der Waals surface area contributed by atoms with Crippen molar-refractivity contribution < 1.29 is 14.6 Å². The lowest BCUT2D eigenvalue weighted by molar-refractivity contribution is -0.147. The van der Waals surface area contributed by atoms with Crippen molar-refractivity contribution in [3.8, 4) is 5.75 Å². The van der Waals surface area contributed by atoms with Gasteiger partial charge in [0.25, 0.3) is 0 Å². The van der Waals surface area contributed by atoms with Crippen molar-refractivity contribution in [2.24, 2.45) is 5.41 Å². The number of carbonyl (C=O) groups is 1. The zero-order chi connectivity index (χ0) is 15.4. The fourth-order valence-electron chi connectivity index (χ4n) is 1.86. The van der Waals surface area contributed by atoms with Crippen molar-refractivity contribution in [1.82, 2.24) is 0 Å². The molecule has 0 amide bonds. The lowest BCUT2D eigenvalue weighted by Gasteiger charge is -2.20. The van der Waals surface area contributed by atoms with Crippen molar-refractivity contribution in [2.45, 2.75) is 52.9 Å². The van der Waals surface area contributed by atoms with Crippen LogP contribution in [0.1, 0.15) is 53.0 Å². The third-order valence-corrected chi connectivity index (χ3v) is 3.51. The molecule has 0 atom stereocenters. The molecule has 1 aromatic carbocycles. The van der Waals surface area contributed by atoms with Gasteiger partial charge in [-0.1, -0.05) is 32.9 Å². The Morgan fingerprint density at radius 2 is 1.65 bits per heavy atom. The molecule has 0 saturated heterocycles. The molecule has 0 fully saturated rings. The van der Waals surface area contributed by atoms with E-state index in [0.29, 0.717) is 13.0 Å². The first-order valence-corrected chi connectivity index (χ1v) is 7.10. The van der Waals surface area contributed by atoms with Crippen molar-refractivity contribution >= 4 is 5.97 Å². The summed E-state index contributed by atoms with van der Waals surface area (Å²) >= 11 is 0. The summed E-state index contributed by atoms with van der Waals surface area (Å²) in [6.45, 7) is 10.6. The Morgan fingerprint density at radius 3 is 2.10 bits per heavy atom. The Kier molecular flexibility index (Phi) is 5.21. The highest BCUT2D eigenvalue weighted by Crippen LogP contribution is 2.25. The molecular weight excluding hydrogens is 252 g/mol. The number of benzene rings is 1. The molecule has 1 aromatic rings. The van der Waals surface area contributed by atoms with E-state index in [1.165, 1.54) is 5.56 Å². The number of ether oxygens (including phenoxy) is 1. The zero-order valence-corrected chi connectivity index (χ0v) is 13.2. The molecular formula is C17H26O3. The monoisotopic (exact) mass is 278 g/mol. The molecule has 0 aliphatic carbocycles. The minimum absolute atomic E-state index is 0.143. The van der Waals surface area contributed by atoms with Crippen LogP contribution in [0.4, 0.5) is 0 Å². The summed E-state index contributed by atoms with van der Waals surface area (Å²) in [5.41, 5.74) is 0.737. The van der Waals surface area contributed by atoms with Gasteiger partial charge in [-0.3, -0.25) is 4.79 Å². The number of carboxylic acids is 1. The molecule has 0 aliphatic rings. The van der Waals surface area contributed by atoms with Crippen molar-refractivity contribution in [3.63, 3.8) is 0 Å². The minimum atomic E-state index is -0.757. The largest absolute Gasteiger partial charge is 0.494 e. The van der Waals surface area contributed by atoms with E-state index in [1.807, 2.05) is 12.1 Å². The fraction of sp³-hybridized carbons (Fsp3) is 0.588. The maximum atomic E-state index is 11.0. The van der Waals surface area contributed by atoms with Crippen molar-refractivity contribution in [2.75, 3.05) is 6.61 Å². The first kappa shape index (κ1) is 16.5. The van der Waals surface area contributed by atoms with E-state index in [1.54, 1.807) is 13.8 Å². The third kappa shape index (κ3) is 4.87. The van der Waals surface area contributed by atoms with E-state index < -0.39 is 11.4 Å². The van der Waals surface area contributed by atoms with Crippen LogP contribution in [0.3, 0.4) is 0 Å². The van der Waals surface area contributed by atoms with Crippen LogP contribution in [-0.2, 0) is 10.2 Å². The van der Waals surface area contributed by atoms with E-state index >= 15 is 0 Å². The Bertz CT molecular complexity index is 438. The summed E-state index contributed by atoms with van der Waals surface area (Å²) in [4.78, 5) is 11.0. The van der Waals surface area contributed by atoms with E-state index in [0.717, 1.165) is 12.2 Å². The maximum absolute atomic E-state index is 11.0.